The number of urea groups is 1. The molecular formula is C27H35N7O4S. The van der Waals surface area contributed by atoms with Gasteiger partial charge in [0.15, 0.2) is 0 Å². The van der Waals surface area contributed by atoms with Gasteiger partial charge in [0, 0.05) is 50.1 Å². The van der Waals surface area contributed by atoms with Gasteiger partial charge in [-0.1, -0.05) is 0 Å². The summed E-state index contributed by atoms with van der Waals surface area (Å²) in [4.78, 5) is 30.5. The molecule has 0 spiro atoms. The van der Waals surface area contributed by atoms with Crippen LogP contribution in [0.25, 0.3) is 10.9 Å². The molecule has 11 nitrogen and oxygen atoms in total. The maximum atomic E-state index is 12.9. The van der Waals surface area contributed by atoms with E-state index in [9.17, 15) is 13.2 Å². The van der Waals surface area contributed by atoms with E-state index in [1.165, 1.54) is 12.8 Å². The third kappa shape index (κ3) is 7.12. The quantitative estimate of drug-likeness (QED) is 0.386. The van der Waals surface area contributed by atoms with E-state index in [0.717, 1.165) is 54.6 Å². The molecule has 208 valence electrons. The van der Waals surface area contributed by atoms with Crippen molar-refractivity contribution in [1.29, 1.82) is 0 Å². The number of amides is 2. The van der Waals surface area contributed by atoms with Gasteiger partial charge in [0.2, 0.25) is 10.0 Å². The Bertz CT molecular complexity index is 1390. The molecule has 0 radical (unpaired) electrons. The second-order valence-corrected chi connectivity index (χ2v) is 11.9. The van der Waals surface area contributed by atoms with Crippen molar-refractivity contribution in [3.8, 4) is 5.75 Å². The van der Waals surface area contributed by atoms with Crippen molar-refractivity contribution in [1.82, 2.24) is 24.6 Å². The second-order valence-electron chi connectivity index (χ2n) is 10.1. The first-order chi connectivity index (χ1) is 18.9. The highest BCUT2D eigenvalue weighted by Crippen LogP contribution is 2.32. The van der Waals surface area contributed by atoms with Crippen molar-refractivity contribution in [3.63, 3.8) is 0 Å². The number of pyridine rings is 1. The number of hydrogen-bond acceptors (Lipinski definition) is 8. The van der Waals surface area contributed by atoms with Crippen LogP contribution in [-0.4, -0.2) is 79.9 Å². The van der Waals surface area contributed by atoms with Gasteiger partial charge in [0.25, 0.3) is 0 Å². The van der Waals surface area contributed by atoms with Crippen LogP contribution in [0, 0.1) is 0 Å². The monoisotopic (exact) mass is 553 g/mol. The molecular weight excluding hydrogens is 518 g/mol. The van der Waals surface area contributed by atoms with Crippen molar-refractivity contribution in [2.24, 2.45) is 0 Å². The summed E-state index contributed by atoms with van der Waals surface area (Å²) >= 11 is 0. The number of carbonyl (C=O) groups excluding carboxylic acids is 1. The summed E-state index contributed by atoms with van der Waals surface area (Å²) < 4.78 is 30.5. The van der Waals surface area contributed by atoms with Crippen LogP contribution in [0.4, 0.5) is 16.3 Å². The molecule has 2 saturated heterocycles. The number of carbonyl (C=O) groups is 1. The average molecular weight is 554 g/mol. The minimum Gasteiger partial charge on any atom is -0.493 e. The summed E-state index contributed by atoms with van der Waals surface area (Å²) in [6.07, 6.45) is 9.04. The van der Waals surface area contributed by atoms with E-state index < -0.39 is 10.0 Å². The van der Waals surface area contributed by atoms with Crippen molar-refractivity contribution in [3.05, 3.63) is 48.5 Å². The predicted molar refractivity (Wildman–Crippen MR) is 151 cm³/mol. The first kappa shape index (κ1) is 27.1. The first-order valence-electron chi connectivity index (χ1n) is 13.4. The number of fused-ring (bicyclic) bond motifs is 1. The number of ether oxygens (including phenoxy) is 1. The van der Waals surface area contributed by atoms with Gasteiger partial charge in [-0.15, -0.1) is 0 Å². The van der Waals surface area contributed by atoms with E-state index in [1.807, 2.05) is 35.2 Å². The molecule has 2 amide bonds. The molecule has 2 aromatic heterocycles. The predicted octanol–water partition coefficient (Wildman–Crippen LogP) is 3.35. The lowest BCUT2D eigenvalue weighted by Crippen LogP contribution is -2.40. The molecule has 1 aromatic carbocycles. The van der Waals surface area contributed by atoms with Gasteiger partial charge < -0.3 is 19.9 Å². The summed E-state index contributed by atoms with van der Waals surface area (Å²) in [6.45, 7) is 4.09. The topological polar surface area (TPSA) is 130 Å². The van der Waals surface area contributed by atoms with E-state index >= 15 is 0 Å². The van der Waals surface area contributed by atoms with Crippen LogP contribution in [0.3, 0.4) is 0 Å². The fraction of sp³-hybridized carbons (Fsp3) is 0.481. The average Bonchev–Trinajstić information content (AvgIpc) is 3.47. The minimum atomic E-state index is -3.19. The van der Waals surface area contributed by atoms with Crippen LogP contribution >= 0.6 is 0 Å². The Kier molecular flexibility index (Phi) is 8.41. The Morgan fingerprint density at radius 1 is 1.05 bits per heavy atom. The van der Waals surface area contributed by atoms with E-state index in [-0.39, 0.29) is 11.9 Å². The summed E-state index contributed by atoms with van der Waals surface area (Å²) in [5.74, 6) is 1.87. The smallest absolute Gasteiger partial charge is 0.321 e. The van der Waals surface area contributed by atoms with E-state index in [1.54, 1.807) is 12.5 Å². The number of anilines is 2. The van der Waals surface area contributed by atoms with Gasteiger partial charge in [-0.3, -0.25) is 0 Å². The van der Waals surface area contributed by atoms with Crippen molar-refractivity contribution >= 4 is 38.5 Å². The molecule has 0 atom stereocenters. The van der Waals surface area contributed by atoms with Gasteiger partial charge in [-0.05, 0) is 56.4 Å². The molecule has 2 aliphatic rings. The highest BCUT2D eigenvalue weighted by atomic mass is 32.2. The largest absolute Gasteiger partial charge is 0.493 e. The molecule has 12 heteroatoms. The Hall–Kier alpha value is -3.51. The number of nitrogens with zero attached hydrogens (tertiary/aromatic N) is 5. The maximum absolute atomic E-state index is 12.9. The van der Waals surface area contributed by atoms with Gasteiger partial charge in [-0.25, -0.2) is 32.9 Å². The lowest BCUT2D eigenvalue weighted by Gasteiger charge is -2.32. The van der Waals surface area contributed by atoms with Crippen molar-refractivity contribution < 1.29 is 17.9 Å². The van der Waals surface area contributed by atoms with Crippen molar-refractivity contribution in [2.75, 3.05) is 55.8 Å². The highest BCUT2D eigenvalue weighted by Gasteiger charge is 2.26. The zero-order valence-corrected chi connectivity index (χ0v) is 23.0. The van der Waals surface area contributed by atoms with Crippen LogP contribution in [0.5, 0.6) is 5.75 Å². The molecule has 0 aliphatic carbocycles. The zero-order chi connectivity index (χ0) is 27.2. The number of aromatic nitrogens is 3. The van der Waals surface area contributed by atoms with Crippen LogP contribution in [0.15, 0.2) is 42.9 Å². The van der Waals surface area contributed by atoms with Gasteiger partial charge in [-0.2, -0.15) is 0 Å². The number of rotatable bonds is 9. The van der Waals surface area contributed by atoms with Crippen LogP contribution in [-0.2, 0) is 10.0 Å². The third-order valence-corrected chi connectivity index (χ3v) is 7.92. The van der Waals surface area contributed by atoms with E-state index in [4.69, 9.17) is 4.74 Å². The molecule has 39 heavy (non-hydrogen) atoms. The lowest BCUT2D eigenvalue weighted by atomic mass is 9.91. The summed E-state index contributed by atoms with van der Waals surface area (Å²) in [6, 6.07) is 9.54. The summed E-state index contributed by atoms with van der Waals surface area (Å²) in [5.41, 5.74) is 2.50. The minimum absolute atomic E-state index is 0.106. The number of hydrogen-bond donors (Lipinski definition) is 2. The lowest BCUT2D eigenvalue weighted by molar-refractivity contribution is 0.194. The molecule has 0 bridgehead atoms. The Morgan fingerprint density at radius 3 is 2.56 bits per heavy atom. The molecule has 4 heterocycles. The maximum Gasteiger partial charge on any atom is 0.321 e. The molecule has 0 unspecified atom stereocenters. The van der Waals surface area contributed by atoms with Gasteiger partial charge >= 0.3 is 6.03 Å². The molecule has 2 aliphatic heterocycles. The molecule has 2 fully saturated rings. The van der Waals surface area contributed by atoms with Crippen LogP contribution in [0.2, 0.25) is 0 Å². The molecule has 2 N–H and O–H groups in total. The number of likely N-dealkylation sites (tertiary alicyclic amines) is 1. The Balaban J connectivity index is 1.13. The second kappa shape index (κ2) is 12.1. The molecule has 5 rings (SSSR count). The highest BCUT2D eigenvalue weighted by molar-refractivity contribution is 7.88. The molecule has 3 aromatic rings. The van der Waals surface area contributed by atoms with E-state index in [0.29, 0.717) is 44.1 Å². The van der Waals surface area contributed by atoms with Crippen LogP contribution < -0.4 is 19.7 Å². The Labute approximate surface area is 229 Å². The summed E-state index contributed by atoms with van der Waals surface area (Å²) in [5, 5.41) is 3.97. The van der Waals surface area contributed by atoms with E-state index in [2.05, 4.69) is 29.9 Å². The SMILES string of the molecule is CS(=O)(=O)NCCCOc1ccc2c(C3CCN(C(=O)Nc4ccc(N5CCCC5)nc4)CC3)ncnc2c1. The van der Waals surface area contributed by atoms with Crippen molar-refractivity contribution in [2.45, 2.75) is 38.0 Å². The normalized spacial score (nSPS) is 16.5. The van der Waals surface area contributed by atoms with Gasteiger partial charge in [0.05, 0.1) is 36.0 Å². The fourth-order valence-corrected chi connectivity index (χ4v) is 5.66. The first-order valence-corrected chi connectivity index (χ1v) is 15.3. The van der Waals surface area contributed by atoms with Gasteiger partial charge in [0.1, 0.15) is 17.9 Å². The summed E-state index contributed by atoms with van der Waals surface area (Å²) in [7, 11) is -3.19. The fourth-order valence-electron chi connectivity index (χ4n) is 5.14. The Morgan fingerprint density at radius 2 is 1.85 bits per heavy atom. The standard InChI is InChI=1S/C27H35N7O4S/c1-39(36,37)31-11-4-16-38-22-6-7-23-24(17-22)29-19-30-26(23)20-9-14-34(15-10-20)27(35)32-21-5-8-25(28-18-21)33-12-2-3-13-33/h5-8,17-20,31H,2-4,9-16H2,1H3,(H,32,35). The number of piperidine rings is 1. The number of sulfonamides is 1. The molecule has 0 saturated carbocycles. The van der Waals surface area contributed by atoms with Crippen LogP contribution in [0.1, 0.15) is 43.7 Å². The third-order valence-electron chi connectivity index (χ3n) is 7.19. The number of nitrogens with one attached hydrogen (secondary N) is 2. The zero-order valence-electron chi connectivity index (χ0n) is 22.2. The number of benzene rings is 1.